The molecule has 0 bridgehead atoms. The molecule has 0 fully saturated rings. The van der Waals surface area contributed by atoms with E-state index in [0.29, 0.717) is 5.92 Å². The summed E-state index contributed by atoms with van der Waals surface area (Å²) in [6.45, 7) is 4.50. The zero-order chi connectivity index (χ0) is 14.7. The van der Waals surface area contributed by atoms with Crippen molar-refractivity contribution in [2.24, 2.45) is 0 Å². The number of rotatable bonds is 5. The van der Waals surface area contributed by atoms with Gasteiger partial charge in [-0.05, 0) is 48.7 Å². The third-order valence-corrected chi connectivity index (χ3v) is 3.84. The molecule has 0 aliphatic rings. The number of H-pyrrole nitrogens is 1. The molecule has 1 aromatic heterocycles. The Labute approximate surface area is 125 Å². The van der Waals surface area contributed by atoms with Gasteiger partial charge in [-0.25, -0.2) is 0 Å². The smallest absolute Gasteiger partial charge is 0.128 e. The number of hydrogen-bond donors (Lipinski definition) is 1. The van der Waals surface area contributed by atoms with Gasteiger partial charge in [0.1, 0.15) is 11.5 Å². The average molecular weight is 279 g/mol. The third kappa shape index (κ3) is 3.10. The number of ether oxygens (including phenoxy) is 1. The van der Waals surface area contributed by atoms with E-state index in [1.165, 1.54) is 29.4 Å². The van der Waals surface area contributed by atoms with E-state index in [4.69, 9.17) is 4.74 Å². The van der Waals surface area contributed by atoms with Crippen LogP contribution in [0.15, 0.2) is 54.6 Å². The minimum atomic E-state index is 0.570. The lowest BCUT2D eigenvalue weighted by molar-refractivity contribution is 0.483. The number of para-hydroxylation sites is 1. The Kier molecular flexibility index (Phi) is 3.96. The normalized spacial score (nSPS) is 12.5. The van der Waals surface area contributed by atoms with Gasteiger partial charge in [0.15, 0.2) is 0 Å². The predicted molar refractivity (Wildman–Crippen MR) is 88.1 cm³/mol. The van der Waals surface area contributed by atoms with Crippen molar-refractivity contribution < 1.29 is 4.74 Å². The lowest BCUT2D eigenvalue weighted by Crippen LogP contribution is -1.91. The van der Waals surface area contributed by atoms with Crippen LogP contribution in [0.3, 0.4) is 0 Å². The molecule has 1 atom stereocenters. The van der Waals surface area contributed by atoms with Gasteiger partial charge in [0.2, 0.25) is 0 Å². The molecule has 2 nitrogen and oxygen atoms in total. The van der Waals surface area contributed by atoms with Crippen LogP contribution in [-0.2, 0) is 0 Å². The first kappa shape index (κ1) is 13.7. The van der Waals surface area contributed by atoms with Crippen molar-refractivity contribution in [3.05, 3.63) is 60.3 Å². The average Bonchev–Trinajstić information content (AvgIpc) is 2.92. The fraction of sp³-hybridized carbons (Fsp3) is 0.263. The zero-order valence-corrected chi connectivity index (χ0v) is 12.6. The summed E-state index contributed by atoms with van der Waals surface area (Å²) in [7, 11) is 0. The summed E-state index contributed by atoms with van der Waals surface area (Å²) in [5, 5.41) is 1.21. The number of aromatic nitrogens is 1. The maximum atomic E-state index is 5.89. The van der Waals surface area contributed by atoms with Crippen LogP contribution in [-0.4, -0.2) is 4.98 Å². The van der Waals surface area contributed by atoms with E-state index in [1.807, 2.05) is 36.4 Å². The van der Waals surface area contributed by atoms with Crippen LogP contribution in [0.1, 0.15) is 38.3 Å². The highest BCUT2D eigenvalue weighted by Gasteiger charge is 2.09. The molecule has 2 aromatic carbocycles. The van der Waals surface area contributed by atoms with Crippen molar-refractivity contribution >= 4 is 10.9 Å². The monoisotopic (exact) mass is 279 g/mol. The highest BCUT2D eigenvalue weighted by molar-refractivity contribution is 5.82. The van der Waals surface area contributed by atoms with Gasteiger partial charge in [0.05, 0.1) is 0 Å². The van der Waals surface area contributed by atoms with Crippen molar-refractivity contribution in [3.63, 3.8) is 0 Å². The van der Waals surface area contributed by atoms with E-state index in [0.717, 1.165) is 11.5 Å². The second-order valence-electron chi connectivity index (χ2n) is 5.58. The Morgan fingerprint density at radius 1 is 1.00 bits per heavy atom. The van der Waals surface area contributed by atoms with Gasteiger partial charge in [-0.1, -0.05) is 38.5 Å². The third-order valence-electron chi connectivity index (χ3n) is 3.84. The van der Waals surface area contributed by atoms with E-state index in [2.05, 4.69) is 37.0 Å². The molecule has 108 valence electrons. The van der Waals surface area contributed by atoms with Crippen LogP contribution in [0.25, 0.3) is 10.9 Å². The van der Waals surface area contributed by atoms with Gasteiger partial charge >= 0.3 is 0 Å². The Balaban J connectivity index is 1.86. The maximum absolute atomic E-state index is 5.89. The van der Waals surface area contributed by atoms with Crippen molar-refractivity contribution in [1.29, 1.82) is 0 Å². The molecule has 2 heteroatoms. The molecule has 0 aliphatic carbocycles. The van der Waals surface area contributed by atoms with Gasteiger partial charge in [0, 0.05) is 16.6 Å². The van der Waals surface area contributed by atoms with Crippen molar-refractivity contribution in [2.75, 3.05) is 0 Å². The Hall–Kier alpha value is -2.22. The quantitative estimate of drug-likeness (QED) is 0.621. The fourth-order valence-corrected chi connectivity index (χ4v) is 2.68. The molecule has 0 amide bonds. The summed E-state index contributed by atoms with van der Waals surface area (Å²) < 4.78 is 5.89. The Morgan fingerprint density at radius 2 is 1.81 bits per heavy atom. The fourth-order valence-electron chi connectivity index (χ4n) is 2.68. The molecule has 0 spiro atoms. The Morgan fingerprint density at radius 3 is 2.57 bits per heavy atom. The van der Waals surface area contributed by atoms with Gasteiger partial charge < -0.3 is 9.72 Å². The van der Waals surface area contributed by atoms with Crippen molar-refractivity contribution in [1.82, 2.24) is 4.98 Å². The predicted octanol–water partition coefficient (Wildman–Crippen LogP) is 5.86. The SMILES string of the molecule is CCCC(C)c1cc2cc(Oc3ccccc3)ccc2[nH]1. The highest BCUT2D eigenvalue weighted by atomic mass is 16.5. The van der Waals surface area contributed by atoms with Crippen LogP contribution in [0.2, 0.25) is 0 Å². The van der Waals surface area contributed by atoms with E-state index in [1.54, 1.807) is 0 Å². The second kappa shape index (κ2) is 6.04. The van der Waals surface area contributed by atoms with Gasteiger partial charge in [-0.15, -0.1) is 0 Å². The van der Waals surface area contributed by atoms with Gasteiger partial charge in [-0.2, -0.15) is 0 Å². The first-order chi connectivity index (χ1) is 10.3. The van der Waals surface area contributed by atoms with Crippen molar-refractivity contribution in [2.45, 2.75) is 32.6 Å². The molecular formula is C19H21NO. The van der Waals surface area contributed by atoms with Gasteiger partial charge in [0.25, 0.3) is 0 Å². The molecule has 0 saturated heterocycles. The largest absolute Gasteiger partial charge is 0.457 e. The highest BCUT2D eigenvalue weighted by Crippen LogP contribution is 2.29. The van der Waals surface area contributed by atoms with Gasteiger partial charge in [-0.3, -0.25) is 0 Å². The minimum absolute atomic E-state index is 0.570. The summed E-state index contributed by atoms with van der Waals surface area (Å²) in [6, 6.07) is 18.3. The number of benzene rings is 2. The number of fused-ring (bicyclic) bond motifs is 1. The maximum Gasteiger partial charge on any atom is 0.128 e. The van der Waals surface area contributed by atoms with E-state index in [9.17, 15) is 0 Å². The molecule has 0 radical (unpaired) electrons. The lowest BCUT2D eigenvalue weighted by atomic mass is 10.0. The number of aromatic amines is 1. The first-order valence-electron chi connectivity index (χ1n) is 7.62. The molecular weight excluding hydrogens is 258 g/mol. The summed E-state index contributed by atoms with van der Waals surface area (Å²) in [5.74, 6) is 2.32. The topological polar surface area (TPSA) is 25.0 Å². The lowest BCUT2D eigenvalue weighted by Gasteiger charge is -2.06. The van der Waals surface area contributed by atoms with Crippen LogP contribution < -0.4 is 4.74 Å². The summed E-state index contributed by atoms with van der Waals surface area (Å²) >= 11 is 0. The molecule has 0 aliphatic heterocycles. The molecule has 0 saturated carbocycles. The molecule has 21 heavy (non-hydrogen) atoms. The number of hydrogen-bond acceptors (Lipinski definition) is 1. The second-order valence-corrected chi connectivity index (χ2v) is 5.58. The summed E-state index contributed by atoms with van der Waals surface area (Å²) in [5.41, 5.74) is 2.48. The van der Waals surface area contributed by atoms with E-state index < -0.39 is 0 Å². The Bertz CT molecular complexity index is 715. The minimum Gasteiger partial charge on any atom is -0.457 e. The van der Waals surface area contributed by atoms with Crippen LogP contribution in [0, 0.1) is 0 Å². The van der Waals surface area contributed by atoms with Crippen LogP contribution in [0.5, 0.6) is 11.5 Å². The van der Waals surface area contributed by atoms with Crippen LogP contribution in [0.4, 0.5) is 0 Å². The number of nitrogens with one attached hydrogen (secondary N) is 1. The molecule has 3 aromatic rings. The first-order valence-corrected chi connectivity index (χ1v) is 7.62. The van der Waals surface area contributed by atoms with Crippen molar-refractivity contribution in [3.8, 4) is 11.5 Å². The van der Waals surface area contributed by atoms with E-state index in [-0.39, 0.29) is 0 Å². The van der Waals surface area contributed by atoms with E-state index >= 15 is 0 Å². The summed E-state index contributed by atoms with van der Waals surface area (Å²) in [6.07, 6.45) is 2.42. The molecule has 1 heterocycles. The molecule has 1 unspecified atom stereocenters. The molecule has 1 N–H and O–H groups in total. The molecule has 3 rings (SSSR count). The standard InChI is InChI=1S/C19H21NO/c1-3-7-14(2)19-13-15-12-17(10-11-18(15)20-19)21-16-8-5-4-6-9-16/h4-6,8-14,20H,3,7H2,1-2H3. The zero-order valence-electron chi connectivity index (χ0n) is 12.6. The summed E-state index contributed by atoms with van der Waals surface area (Å²) in [4.78, 5) is 3.52. The van der Waals surface area contributed by atoms with Crippen LogP contribution >= 0.6 is 0 Å².